The van der Waals surface area contributed by atoms with E-state index in [1.54, 1.807) is 13.2 Å². The molecule has 0 bridgehead atoms. The van der Waals surface area contributed by atoms with Gasteiger partial charge in [-0.15, -0.1) is 0 Å². The summed E-state index contributed by atoms with van der Waals surface area (Å²) < 4.78 is 114. The van der Waals surface area contributed by atoms with E-state index in [1.165, 1.54) is 36.4 Å². The normalized spacial score (nSPS) is 16.7. The van der Waals surface area contributed by atoms with E-state index in [9.17, 15) is 26.3 Å². The van der Waals surface area contributed by atoms with E-state index in [4.69, 9.17) is 14.2 Å². The van der Waals surface area contributed by atoms with Crippen molar-refractivity contribution in [1.29, 1.82) is 0 Å². The molecule has 234 valence electrons. The van der Waals surface area contributed by atoms with Gasteiger partial charge in [0.25, 0.3) is 0 Å². The van der Waals surface area contributed by atoms with Crippen LogP contribution in [0, 0.1) is 41.0 Å². The summed E-state index contributed by atoms with van der Waals surface area (Å²) in [5.74, 6) is 1.80. The van der Waals surface area contributed by atoms with Crippen molar-refractivity contribution >= 4 is 0 Å². The van der Waals surface area contributed by atoms with Gasteiger partial charge in [-0.1, -0.05) is 42.2 Å². The summed E-state index contributed by atoms with van der Waals surface area (Å²) in [6.45, 7) is 1.64. The Balaban J connectivity index is 1.26. The van der Waals surface area contributed by atoms with Crippen LogP contribution in [0.4, 0.5) is 30.7 Å². The molecular formula is C35H27F7O3. The van der Waals surface area contributed by atoms with Crippen LogP contribution in [0.1, 0.15) is 41.4 Å². The molecule has 1 aliphatic heterocycles. The van der Waals surface area contributed by atoms with Gasteiger partial charge in [0, 0.05) is 41.9 Å². The number of ether oxygens (including phenoxy) is 3. The molecule has 0 atom stereocenters. The SMILES string of the molecule is COCCCC1COC(c2ccc(-c3ccc(C#Cc4ccc(-c5ccc(C(F)(F)F)c(F)c5)c(F)c4)c(F)c3)c(F)c2)OC1. The molecule has 0 aromatic heterocycles. The number of methoxy groups -OCH3 is 1. The lowest BCUT2D eigenvalue weighted by molar-refractivity contribution is -0.206. The lowest BCUT2D eigenvalue weighted by atomic mass is 10.00. The Labute approximate surface area is 255 Å². The second kappa shape index (κ2) is 13.9. The molecule has 45 heavy (non-hydrogen) atoms. The molecule has 0 radical (unpaired) electrons. The zero-order valence-electron chi connectivity index (χ0n) is 24.0. The summed E-state index contributed by atoms with van der Waals surface area (Å²) in [6.07, 6.45) is -3.78. The highest BCUT2D eigenvalue weighted by Gasteiger charge is 2.34. The Morgan fingerprint density at radius 3 is 1.98 bits per heavy atom. The standard InChI is InChI=1S/C35H27F7O3/c1-43-14-2-3-22-19-44-34(45-20-22)26-9-12-28(32(38)18-26)24-8-7-23(30(36)16-24)6-4-21-5-11-27(31(37)15-21)25-10-13-29(33(39)17-25)35(40,41)42/h5,7-13,15-18,22,34H,2-3,14,19-20H2,1H3. The number of benzene rings is 4. The highest BCUT2D eigenvalue weighted by Crippen LogP contribution is 2.35. The van der Waals surface area contributed by atoms with Crippen LogP contribution >= 0.6 is 0 Å². The van der Waals surface area contributed by atoms with E-state index in [2.05, 4.69) is 11.8 Å². The Morgan fingerprint density at radius 1 is 0.733 bits per heavy atom. The average molecular weight is 629 g/mol. The first-order chi connectivity index (χ1) is 21.5. The number of alkyl halides is 3. The molecule has 0 amide bonds. The molecular weight excluding hydrogens is 601 g/mol. The van der Waals surface area contributed by atoms with E-state index in [1.807, 2.05) is 0 Å². The number of hydrogen-bond donors (Lipinski definition) is 0. The zero-order valence-corrected chi connectivity index (χ0v) is 24.0. The predicted molar refractivity (Wildman–Crippen MR) is 154 cm³/mol. The lowest BCUT2D eigenvalue weighted by Crippen LogP contribution is -2.27. The van der Waals surface area contributed by atoms with Crippen molar-refractivity contribution in [2.45, 2.75) is 25.3 Å². The summed E-state index contributed by atoms with van der Waals surface area (Å²) in [6, 6.07) is 14.3. The number of rotatable bonds is 7. The first-order valence-electron chi connectivity index (χ1n) is 14.0. The van der Waals surface area contributed by atoms with E-state index in [0.717, 1.165) is 31.0 Å². The van der Waals surface area contributed by atoms with Crippen molar-refractivity contribution < 1.29 is 44.9 Å². The summed E-state index contributed by atoms with van der Waals surface area (Å²) in [5, 5.41) is 0. The minimum atomic E-state index is -4.87. The molecule has 0 spiro atoms. The topological polar surface area (TPSA) is 27.7 Å². The quantitative estimate of drug-likeness (QED) is 0.116. The van der Waals surface area contributed by atoms with Crippen molar-refractivity contribution in [3.8, 4) is 34.1 Å². The second-order valence-electron chi connectivity index (χ2n) is 10.6. The van der Waals surface area contributed by atoms with Crippen molar-refractivity contribution in [2.75, 3.05) is 26.9 Å². The molecule has 1 aliphatic rings. The average Bonchev–Trinajstić information content (AvgIpc) is 3.00. The summed E-state index contributed by atoms with van der Waals surface area (Å²) in [7, 11) is 1.65. The van der Waals surface area contributed by atoms with Gasteiger partial charge in [-0.05, 0) is 66.4 Å². The van der Waals surface area contributed by atoms with E-state index in [-0.39, 0.29) is 39.3 Å². The van der Waals surface area contributed by atoms with Crippen molar-refractivity contribution in [1.82, 2.24) is 0 Å². The fourth-order valence-electron chi connectivity index (χ4n) is 4.99. The minimum Gasteiger partial charge on any atom is -0.385 e. The maximum Gasteiger partial charge on any atom is 0.419 e. The lowest BCUT2D eigenvalue weighted by Gasteiger charge is -2.29. The molecule has 10 heteroatoms. The Bertz CT molecular complexity index is 1730. The molecule has 1 fully saturated rings. The first kappa shape index (κ1) is 32.2. The van der Waals surface area contributed by atoms with Gasteiger partial charge in [0.15, 0.2) is 6.29 Å². The van der Waals surface area contributed by atoms with Gasteiger partial charge in [0.1, 0.15) is 23.3 Å². The largest absolute Gasteiger partial charge is 0.419 e. The fraction of sp³-hybridized carbons (Fsp3) is 0.257. The van der Waals surface area contributed by atoms with Crippen molar-refractivity contribution in [3.05, 3.63) is 118 Å². The van der Waals surface area contributed by atoms with Gasteiger partial charge in [-0.25, -0.2) is 17.6 Å². The molecule has 4 aromatic carbocycles. The van der Waals surface area contributed by atoms with E-state index in [0.29, 0.717) is 37.5 Å². The maximum absolute atomic E-state index is 15.1. The molecule has 0 saturated carbocycles. The van der Waals surface area contributed by atoms with Crippen LogP contribution in [0.15, 0.2) is 72.8 Å². The summed E-state index contributed by atoms with van der Waals surface area (Å²) >= 11 is 0. The van der Waals surface area contributed by atoms with E-state index < -0.39 is 41.3 Å². The summed E-state index contributed by atoms with van der Waals surface area (Å²) in [4.78, 5) is 0. The zero-order chi connectivity index (χ0) is 32.1. The van der Waals surface area contributed by atoms with Crippen LogP contribution < -0.4 is 0 Å². The molecule has 4 aromatic rings. The highest BCUT2D eigenvalue weighted by atomic mass is 19.4. The van der Waals surface area contributed by atoms with Gasteiger partial charge in [-0.3, -0.25) is 0 Å². The van der Waals surface area contributed by atoms with Crippen LogP contribution in [0.3, 0.4) is 0 Å². The number of halogens is 7. The Hall–Kier alpha value is -4.17. The molecule has 0 aliphatic carbocycles. The Kier molecular flexibility index (Phi) is 9.93. The van der Waals surface area contributed by atoms with Crippen molar-refractivity contribution in [2.24, 2.45) is 5.92 Å². The third-order valence-electron chi connectivity index (χ3n) is 7.37. The van der Waals surface area contributed by atoms with Crippen LogP contribution in [0.2, 0.25) is 0 Å². The molecule has 1 saturated heterocycles. The van der Waals surface area contributed by atoms with Gasteiger partial charge in [0.2, 0.25) is 0 Å². The third kappa shape index (κ3) is 7.74. The monoisotopic (exact) mass is 628 g/mol. The Morgan fingerprint density at radius 2 is 1.38 bits per heavy atom. The van der Waals surface area contributed by atoms with Gasteiger partial charge in [-0.2, -0.15) is 13.2 Å². The van der Waals surface area contributed by atoms with Crippen LogP contribution in [0.5, 0.6) is 0 Å². The van der Waals surface area contributed by atoms with Gasteiger partial charge >= 0.3 is 6.18 Å². The molecule has 3 nitrogen and oxygen atoms in total. The van der Waals surface area contributed by atoms with Crippen molar-refractivity contribution in [3.63, 3.8) is 0 Å². The second-order valence-corrected chi connectivity index (χ2v) is 10.6. The molecule has 1 heterocycles. The highest BCUT2D eigenvalue weighted by molar-refractivity contribution is 5.67. The van der Waals surface area contributed by atoms with Crippen LogP contribution in [-0.2, 0) is 20.4 Å². The smallest absolute Gasteiger partial charge is 0.385 e. The van der Waals surface area contributed by atoms with Gasteiger partial charge < -0.3 is 14.2 Å². The molecule has 5 rings (SSSR count). The van der Waals surface area contributed by atoms with Crippen LogP contribution in [-0.4, -0.2) is 26.9 Å². The maximum atomic E-state index is 15.1. The van der Waals surface area contributed by atoms with E-state index >= 15 is 4.39 Å². The van der Waals surface area contributed by atoms with Gasteiger partial charge in [0.05, 0.1) is 24.3 Å². The molecule has 0 N–H and O–H groups in total. The third-order valence-corrected chi connectivity index (χ3v) is 7.37. The number of hydrogen-bond acceptors (Lipinski definition) is 3. The first-order valence-corrected chi connectivity index (χ1v) is 14.0. The molecule has 0 unspecified atom stereocenters. The fourth-order valence-corrected chi connectivity index (χ4v) is 4.99. The predicted octanol–water partition coefficient (Wildman–Crippen LogP) is 9.08. The minimum absolute atomic E-state index is 0.0193. The summed E-state index contributed by atoms with van der Waals surface area (Å²) in [5.41, 5.74) is -0.560. The van der Waals surface area contributed by atoms with Crippen LogP contribution in [0.25, 0.3) is 22.3 Å².